The predicted octanol–water partition coefficient (Wildman–Crippen LogP) is 3.75. The van der Waals surface area contributed by atoms with Crippen LogP contribution in [0.5, 0.6) is 0 Å². The number of hydrogen-bond donors (Lipinski definition) is 0. The molecule has 1 aliphatic rings. The fourth-order valence-electron chi connectivity index (χ4n) is 2.60. The molecule has 0 N–H and O–H groups in total. The Morgan fingerprint density at radius 3 is 2.53 bits per heavy atom. The third-order valence-electron chi connectivity index (χ3n) is 3.73. The molecule has 1 aliphatic carbocycles. The summed E-state index contributed by atoms with van der Waals surface area (Å²) in [5.41, 5.74) is 2.55. The van der Waals surface area contributed by atoms with Crippen molar-refractivity contribution in [2.45, 2.75) is 49.8 Å². The van der Waals surface area contributed by atoms with E-state index in [-0.39, 0.29) is 5.75 Å². The van der Waals surface area contributed by atoms with Crippen LogP contribution in [0.25, 0.3) is 0 Å². The fraction of sp³-hybridized carbons (Fsp3) is 0.600. The highest BCUT2D eigenvalue weighted by atomic mass is 35.5. The van der Waals surface area contributed by atoms with Gasteiger partial charge in [0.1, 0.15) is 0 Å². The van der Waals surface area contributed by atoms with E-state index in [1.807, 2.05) is 12.1 Å². The zero-order valence-corrected chi connectivity index (χ0v) is 12.8. The van der Waals surface area contributed by atoms with Crippen LogP contribution < -0.4 is 0 Å². The minimum atomic E-state index is -3.10. The highest BCUT2D eigenvalue weighted by Gasteiger charge is 2.18. The number of alkyl halides is 1. The largest absolute Gasteiger partial charge is 0.224 e. The first kappa shape index (κ1) is 14.9. The number of unbranched alkanes of at least 4 members (excludes halogenated alkanes) is 3. The quantitative estimate of drug-likeness (QED) is 0.568. The number of hydrogen-bond acceptors (Lipinski definition) is 2. The minimum Gasteiger partial charge on any atom is -0.224 e. The molecule has 0 saturated heterocycles. The molecule has 0 radical (unpaired) electrons. The van der Waals surface area contributed by atoms with Gasteiger partial charge in [-0.05, 0) is 55.4 Å². The van der Waals surface area contributed by atoms with E-state index in [4.69, 9.17) is 11.6 Å². The molecule has 0 bridgehead atoms. The molecule has 2 rings (SSSR count). The van der Waals surface area contributed by atoms with Crippen molar-refractivity contribution >= 4 is 21.4 Å². The highest BCUT2D eigenvalue weighted by Crippen LogP contribution is 2.25. The molecule has 0 unspecified atom stereocenters. The first-order valence-electron chi connectivity index (χ1n) is 7.04. The molecule has 106 valence electrons. The van der Waals surface area contributed by atoms with Gasteiger partial charge in [0.15, 0.2) is 9.84 Å². The van der Waals surface area contributed by atoms with E-state index < -0.39 is 9.84 Å². The third kappa shape index (κ3) is 3.96. The van der Waals surface area contributed by atoms with Gasteiger partial charge >= 0.3 is 0 Å². The number of halogens is 1. The summed E-state index contributed by atoms with van der Waals surface area (Å²) in [6.07, 6.45) is 6.93. The van der Waals surface area contributed by atoms with Gasteiger partial charge < -0.3 is 0 Å². The smallest absolute Gasteiger partial charge is 0.178 e. The molecule has 4 heteroatoms. The van der Waals surface area contributed by atoms with Crippen LogP contribution in [0.15, 0.2) is 23.1 Å². The molecule has 1 aromatic rings. The number of rotatable bonds is 7. The van der Waals surface area contributed by atoms with Gasteiger partial charge in [0, 0.05) is 5.88 Å². The molecule has 0 heterocycles. The second kappa shape index (κ2) is 6.76. The van der Waals surface area contributed by atoms with Gasteiger partial charge in [0.2, 0.25) is 0 Å². The van der Waals surface area contributed by atoms with Crippen molar-refractivity contribution < 1.29 is 8.42 Å². The predicted molar refractivity (Wildman–Crippen MR) is 79.7 cm³/mol. The summed E-state index contributed by atoms with van der Waals surface area (Å²) in [6, 6.07) is 5.65. The van der Waals surface area contributed by atoms with Crippen LogP contribution in [0.4, 0.5) is 0 Å². The Hall–Kier alpha value is -0.540. The summed E-state index contributed by atoms with van der Waals surface area (Å²) in [7, 11) is -3.10. The molecule has 0 fully saturated rings. The van der Waals surface area contributed by atoms with E-state index in [9.17, 15) is 8.42 Å². The van der Waals surface area contributed by atoms with Gasteiger partial charge in [-0.1, -0.05) is 18.9 Å². The van der Waals surface area contributed by atoms with Crippen LogP contribution in [0.2, 0.25) is 0 Å². The van der Waals surface area contributed by atoms with Crippen LogP contribution in [-0.4, -0.2) is 20.1 Å². The second-order valence-corrected chi connectivity index (χ2v) is 7.69. The van der Waals surface area contributed by atoms with E-state index >= 15 is 0 Å². The zero-order valence-electron chi connectivity index (χ0n) is 11.2. The number of aryl methyl sites for hydroxylation is 2. The van der Waals surface area contributed by atoms with Crippen LogP contribution in [0.1, 0.15) is 43.2 Å². The van der Waals surface area contributed by atoms with Gasteiger partial charge in [0.05, 0.1) is 10.6 Å². The van der Waals surface area contributed by atoms with Gasteiger partial charge in [-0.25, -0.2) is 8.42 Å². The highest BCUT2D eigenvalue weighted by molar-refractivity contribution is 7.91. The number of fused-ring (bicyclic) bond motifs is 1. The maximum Gasteiger partial charge on any atom is 0.178 e. The van der Waals surface area contributed by atoms with Crippen molar-refractivity contribution in [2.75, 3.05) is 11.6 Å². The van der Waals surface area contributed by atoms with E-state index in [1.54, 1.807) is 6.07 Å². The molecule has 1 aromatic carbocycles. The Morgan fingerprint density at radius 1 is 1.00 bits per heavy atom. The Balaban J connectivity index is 1.95. The first-order valence-corrected chi connectivity index (χ1v) is 9.23. The van der Waals surface area contributed by atoms with Gasteiger partial charge in [0.25, 0.3) is 0 Å². The number of sulfone groups is 1. The average Bonchev–Trinajstić information content (AvgIpc) is 2.85. The first-order chi connectivity index (χ1) is 9.13. The van der Waals surface area contributed by atoms with Crippen molar-refractivity contribution in [3.8, 4) is 0 Å². The number of benzene rings is 1. The minimum absolute atomic E-state index is 0.258. The Morgan fingerprint density at radius 2 is 1.74 bits per heavy atom. The lowest BCUT2D eigenvalue weighted by Gasteiger charge is -2.07. The Bertz CT molecular complexity index is 523. The molecule has 0 aliphatic heterocycles. The maximum absolute atomic E-state index is 12.2. The van der Waals surface area contributed by atoms with Crippen molar-refractivity contribution in [2.24, 2.45) is 0 Å². The maximum atomic E-state index is 12.2. The summed E-state index contributed by atoms with van der Waals surface area (Å²) in [4.78, 5) is 0.505. The summed E-state index contributed by atoms with van der Waals surface area (Å²) in [6.45, 7) is 0. The molecule has 0 amide bonds. The summed E-state index contributed by atoms with van der Waals surface area (Å²) < 4.78 is 24.5. The topological polar surface area (TPSA) is 34.1 Å². The molecule has 0 saturated carbocycles. The van der Waals surface area contributed by atoms with Gasteiger partial charge in [-0.3, -0.25) is 0 Å². The summed E-state index contributed by atoms with van der Waals surface area (Å²) >= 11 is 5.60. The average molecular weight is 301 g/mol. The van der Waals surface area contributed by atoms with E-state index in [0.29, 0.717) is 10.8 Å². The monoisotopic (exact) mass is 300 g/mol. The van der Waals surface area contributed by atoms with Crippen LogP contribution in [-0.2, 0) is 22.7 Å². The molecule has 19 heavy (non-hydrogen) atoms. The zero-order chi connectivity index (χ0) is 13.7. The lowest BCUT2D eigenvalue weighted by atomic mass is 10.1. The van der Waals surface area contributed by atoms with Crippen LogP contribution >= 0.6 is 11.6 Å². The van der Waals surface area contributed by atoms with Gasteiger partial charge in [-0.15, -0.1) is 11.6 Å². The normalized spacial score (nSPS) is 14.6. The molecule has 0 aromatic heterocycles. The third-order valence-corrected chi connectivity index (χ3v) is 5.79. The molecule has 2 nitrogen and oxygen atoms in total. The Kier molecular flexibility index (Phi) is 5.28. The van der Waals surface area contributed by atoms with Crippen LogP contribution in [0, 0.1) is 0 Å². The van der Waals surface area contributed by atoms with Crippen LogP contribution in [0.3, 0.4) is 0 Å². The SMILES string of the molecule is O=S(=O)(CCCCCCCl)c1ccc2c(c1)CCC2. The standard InChI is InChI=1S/C15H21ClO2S/c16-10-3-1-2-4-11-19(17,18)15-9-8-13-6-5-7-14(13)12-15/h8-9,12H,1-7,10-11H2. The van der Waals surface area contributed by atoms with E-state index in [2.05, 4.69) is 0 Å². The van der Waals surface area contributed by atoms with Crippen molar-refractivity contribution in [1.29, 1.82) is 0 Å². The molecular weight excluding hydrogens is 280 g/mol. The summed E-state index contributed by atoms with van der Waals surface area (Å²) in [5, 5.41) is 0. The van der Waals surface area contributed by atoms with E-state index in [1.165, 1.54) is 11.1 Å². The lowest BCUT2D eigenvalue weighted by molar-refractivity contribution is 0.589. The van der Waals surface area contributed by atoms with Gasteiger partial charge in [-0.2, -0.15) is 0 Å². The molecular formula is C15H21ClO2S. The second-order valence-electron chi connectivity index (χ2n) is 5.21. The van der Waals surface area contributed by atoms with Crippen molar-refractivity contribution in [3.05, 3.63) is 29.3 Å². The molecule has 0 atom stereocenters. The lowest BCUT2D eigenvalue weighted by Crippen LogP contribution is -2.07. The van der Waals surface area contributed by atoms with Crippen molar-refractivity contribution in [3.63, 3.8) is 0 Å². The van der Waals surface area contributed by atoms with Crippen molar-refractivity contribution in [1.82, 2.24) is 0 Å². The molecule has 0 spiro atoms. The van der Waals surface area contributed by atoms with E-state index in [0.717, 1.165) is 44.9 Å². The summed E-state index contributed by atoms with van der Waals surface area (Å²) in [5.74, 6) is 0.922. The Labute approximate surface area is 121 Å². The fourth-order valence-corrected chi connectivity index (χ4v) is 4.21.